The van der Waals surface area contributed by atoms with Gasteiger partial charge in [0.1, 0.15) is 17.5 Å². The number of phosphoric ester groups is 1. The maximum Gasteiger partial charge on any atom is 0.469 e. The van der Waals surface area contributed by atoms with Crippen molar-refractivity contribution in [3.8, 4) is 0 Å². The van der Waals surface area contributed by atoms with Gasteiger partial charge in [0.2, 0.25) is 0 Å². The van der Waals surface area contributed by atoms with Gasteiger partial charge in [-0.3, -0.25) is 14.1 Å². The standard InChI is InChI=1S/C22H37O8P/c1-16(2)8-10-20(24)17(3)7-6-13-22(5)21(30-18(4)23)11-9-19(15-28-22)12-14-29-31(25,26)27/h8,12,17,21H,6-7,9-11,13-15H2,1-5H3,(H2,25,26,27)/b19-12+/t17?,21-,22+/m1/s1. The van der Waals surface area contributed by atoms with Crippen LogP contribution in [0, 0.1) is 5.92 Å². The van der Waals surface area contributed by atoms with Crippen molar-refractivity contribution in [2.24, 2.45) is 5.92 Å². The van der Waals surface area contributed by atoms with Gasteiger partial charge in [0.05, 0.1) is 13.2 Å². The highest BCUT2D eigenvalue weighted by atomic mass is 31.2. The minimum atomic E-state index is -4.53. The molecule has 0 aromatic carbocycles. The van der Waals surface area contributed by atoms with Crippen molar-refractivity contribution in [3.63, 3.8) is 0 Å². The molecule has 0 aromatic heterocycles. The van der Waals surface area contributed by atoms with E-state index in [0.717, 1.165) is 24.0 Å². The summed E-state index contributed by atoms with van der Waals surface area (Å²) >= 11 is 0. The van der Waals surface area contributed by atoms with E-state index in [1.165, 1.54) is 6.92 Å². The van der Waals surface area contributed by atoms with Gasteiger partial charge in [-0.2, -0.15) is 0 Å². The number of hydrogen-bond donors (Lipinski definition) is 2. The number of rotatable bonds is 11. The summed E-state index contributed by atoms with van der Waals surface area (Å²) < 4.78 is 27.0. The number of carbonyl (C=O) groups excluding carboxylic acids is 2. The third-order valence-corrected chi connectivity index (χ3v) is 5.98. The Bertz CT molecular complexity index is 719. The molecule has 0 saturated carbocycles. The Hall–Kier alpha value is -1.31. The molecule has 0 bridgehead atoms. The average molecular weight is 461 g/mol. The van der Waals surface area contributed by atoms with Crippen LogP contribution in [-0.4, -0.2) is 46.5 Å². The largest absolute Gasteiger partial charge is 0.469 e. The summed E-state index contributed by atoms with van der Waals surface area (Å²) in [6, 6.07) is 0. The first kappa shape index (κ1) is 27.7. The molecule has 0 spiro atoms. The highest BCUT2D eigenvalue weighted by Gasteiger charge is 2.39. The normalized spacial score (nSPS) is 24.4. The first-order valence-electron chi connectivity index (χ1n) is 10.7. The van der Waals surface area contributed by atoms with E-state index in [1.807, 2.05) is 33.8 Å². The van der Waals surface area contributed by atoms with Crippen molar-refractivity contribution < 1.29 is 37.9 Å². The number of esters is 1. The minimum absolute atomic E-state index is 0.0580. The maximum atomic E-state index is 12.3. The zero-order valence-corrected chi connectivity index (χ0v) is 20.2. The monoisotopic (exact) mass is 460 g/mol. The molecule has 1 saturated heterocycles. The molecule has 0 aromatic rings. The number of ketones is 1. The Balaban J connectivity index is 2.74. The highest BCUT2D eigenvalue weighted by Crippen LogP contribution is 2.37. The van der Waals surface area contributed by atoms with Gasteiger partial charge in [-0.05, 0) is 58.4 Å². The van der Waals surface area contributed by atoms with Crippen LogP contribution in [0.2, 0.25) is 0 Å². The van der Waals surface area contributed by atoms with Crippen molar-refractivity contribution in [2.75, 3.05) is 13.2 Å². The Morgan fingerprint density at radius 2 is 2.00 bits per heavy atom. The second-order valence-electron chi connectivity index (χ2n) is 8.63. The van der Waals surface area contributed by atoms with Crippen LogP contribution in [0.1, 0.15) is 73.1 Å². The topological polar surface area (TPSA) is 119 Å². The quantitative estimate of drug-likeness (QED) is 0.267. The fourth-order valence-corrected chi connectivity index (χ4v) is 3.77. The van der Waals surface area contributed by atoms with Gasteiger partial charge in [0.25, 0.3) is 0 Å². The van der Waals surface area contributed by atoms with Crippen molar-refractivity contribution >= 4 is 19.6 Å². The molecule has 2 N–H and O–H groups in total. The molecule has 1 aliphatic heterocycles. The molecule has 0 amide bonds. The summed E-state index contributed by atoms with van der Waals surface area (Å²) in [5.74, 6) is -0.236. The lowest BCUT2D eigenvalue weighted by molar-refractivity contribution is -0.167. The average Bonchev–Trinajstić information content (AvgIpc) is 2.78. The number of ether oxygens (including phenoxy) is 2. The lowest BCUT2D eigenvalue weighted by Crippen LogP contribution is -2.43. The van der Waals surface area contributed by atoms with E-state index in [2.05, 4.69) is 4.52 Å². The van der Waals surface area contributed by atoms with Crippen LogP contribution in [0.25, 0.3) is 0 Å². The first-order valence-corrected chi connectivity index (χ1v) is 12.2. The van der Waals surface area contributed by atoms with Crippen LogP contribution in [0.15, 0.2) is 23.3 Å². The molecule has 1 heterocycles. The lowest BCUT2D eigenvalue weighted by Gasteiger charge is -2.35. The van der Waals surface area contributed by atoms with Gasteiger partial charge in [0, 0.05) is 19.3 Å². The van der Waals surface area contributed by atoms with Crippen LogP contribution in [0.3, 0.4) is 0 Å². The lowest BCUT2D eigenvalue weighted by atomic mass is 9.87. The summed E-state index contributed by atoms with van der Waals surface area (Å²) in [4.78, 5) is 41.5. The predicted octanol–water partition coefficient (Wildman–Crippen LogP) is 4.25. The molecule has 9 heteroatoms. The third-order valence-electron chi connectivity index (χ3n) is 5.49. The summed E-state index contributed by atoms with van der Waals surface area (Å²) in [6.45, 7) is 9.18. The first-order chi connectivity index (χ1) is 14.3. The second-order valence-corrected chi connectivity index (χ2v) is 9.87. The SMILES string of the molecule is CC(=O)O[C@@H]1CC/C(=C\COP(=O)(O)O)CO[C@@]1(C)CCCC(C)C(=O)CC=C(C)C. The van der Waals surface area contributed by atoms with Gasteiger partial charge >= 0.3 is 13.8 Å². The van der Waals surface area contributed by atoms with Crippen molar-refractivity contribution in [2.45, 2.75) is 84.8 Å². The van der Waals surface area contributed by atoms with Gasteiger partial charge in [-0.15, -0.1) is 0 Å². The number of phosphoric acid groups is 1. The molecule has 0 radical (unpaired) electrons. The molecule has 0 aliphatic carbocycles. The van der Waals surface area contributed by atoms with Gasteiger partial charge in [-0.1, -0.05) is 24.6 Å². The van der Waals surface area contributed by atoms with Crippen molar-refractivity contribution in [1.29, 1.82) is 0 Å². The van der Waals surface area contributed by atoms with Crippen LogP contribution in [0.4, 0.5) is 0 Å². The summed E-state index contributed by atoms with van der Waals surface area (Å²) in [7, 11) is -4.53. The van der Waals surface area contributed by atoms with Crippen LogP contribution >= 0.6 is 7.82 Å². The smallest absolute Gasteiger partial charge is 0.459 e. The minimum Gasteiger partial charge on any atom is -0.459 e. The molecular formula is C22H37O8P. The zero-order valence-electron chi connectivity index (χ0n) is 19.3. The summed E-state index contributed by atoms with van der Waals surface area (Å²) in [5, 5.41) is 0. The predicted molar refractivity (Wildman–Crippen MR) is 117 cm³/mol. The van der Waals surface area contributed by atoms with E-state index in [1.54, 1.807) is 6.08 Å². The summed E-state index contributed by atoms with van der Waals surface area (Å²) in [5.41, 5.74) is 1.24. The second kappa shape index (κ2) is 12.7. The number of allylic oxidation sites excluding steroid dienone is 2. The molecular weight excluding hydrogens is 423 g/mol. The molecule has 3 atom stereocenters. The van der Waals surface area contributed by atoms with E-state index in [4.69, 9.17) is 19.3 Å². The van der Waals surface area contributed by atoms with E-state index >= 15 is 0 Å². The van der Waals surface area contributed by atoms with Crippen LogP contribution in [0.5, 0.6) is 0 Å². The Labute approximate surface area is 185 Å². The number of Topliss-reactive ketones (excluding diaryl/α,β-unsaturated/α-hetero) is 1. The van der Waals surface area contributed by atoms with Crippen LogP contribution in [-0.2, 0) is 28.2 Å². The molecule has 1 aliphatic rings. The molecule has 1 rings (SSSR count). The fraction of sp³-hybridized carbons (Fsp3) is 0.727. The summed E-state index contributed by atoms with van der Waals surface area (Å²) in [6.07, 6.45) is 6.72. The number of carbonyl (C=O) groups is 2. The molecule has 1 unspecified atom stereocenters. The van der Waals surface area contributed by atoms with Crippen molar-refractivity contribution in [3.05, 3.63) is 23.3 Å². The highest BCUT2D eigenvalue weighted by molar-refractivity contribution is 7.46. The molecule has 8 nitrogen and oxygen atoms in total. The van der Waals surface area contributed by atoms with Gasteiger partial charge in [0.15, 0.2) is 0 Å². The fourth-order valence-electron chi connectivity index (χ4n) is 3.50. The Morgan fingerprint density at radius 3 is 2.58 bits per heavy atom. The molecule has 31 heavy (non-hydrogen) atoms. The van der Waals surface area contributed by atoms with Gasteiger partial charge in [-0.25, -0.2) is 4.57 Å². The Kier molecular flexibility index (Phi) is 11.3. The van der Waals surface area contributed by atoms with E-state index in [0.29, 0.717) is 25.7 Å². The van der Waals surface area contributed by atoms with E-state index in [-0.39, 0.29) is 30.9 Å². The van der Waals surface area contributed by atoms with Crippen LogP contribution < -0.4 is 0 Å². The van der Waals surface area contributed by atoms with E-state index in [9.17, 15) is 14.2 Å². The van der Waals surface area contributed by atoms with Gasteiger partial charge < -0.3 is 19.3 Å². The third kappa shape index (κ3) is 11.2. The van der Waals surface area contributed by atoms with E-state index < -0.39 is 19.5 Å². The number of hydrogen-bond acceptors (Lipinski definition) is 6. The maximum absolute atomic E-state index is 12.3. The Morgan fingerprint density at radius 1 is 1.32 bits per heavy atom. The zero-order chi connectivity index (χ0) is 23.7. The molecule has 178 valence electrons. The molecule has 1 fully saturated rings. The van der Waals surface area contributed by atoms with Crippen molar-refractivity contribution in [1.82, 2.24) is 0 Å².